The highest BCUT2D eigenvalue weighted by Gasteiger charge is 2.46. The summed E-state index contributed by atoms with van der Waals surface area (Å²) in [5.41, 5.74) is 0.541. The Hall–Kier alpha value is -3.43. The molecule has 9 nitrogen and oxygen atoms in total. The fourth-order valence-corrected chi connectivity index (χ4v) is 5.44. The van der Waals surface area contributed by atoms with E-state index in [-0.39, 0.29) is 24.4 Å². The van der Waals surface area contributed by atoms with Gasteiger partial charge in [-0.3, -0.25) is 19.9 Å². The molecule has 1 saturated heterocycles. The fraction of sp³-hybridized carbons (Fsp3) is 0.483. The van der Waals surface area contributed by atoms with Crippen LogP contribution in [0.15, 0.2) is 48.5 Å². The SMILES string of the molecule is CCC1(CC)CC(=O)N([C@H](CCOC)c2cccc(C(=O)N[C@@H]3c4ccccc4OC3(C)CO)c2)C(=N)N1. The van der Waals surface area contributed by atoms with E-state index in [0.29, 0.717) is 30.8 Å². The summed E-state index contributed by atoms with van der Waals surface area (Å²) in [4.78, 5) is 28.3. The van der Waals surface area contributed by atoms with E-state index in [1.165, 1.54) is 4.90 Å². The minimum atomic E-state index is -0.996. The highest BCUT2D eigenvalue weighted by Crippen LogP contribution is 2.43. The van der Waals surface area contributed by atoms with Gasteiger partial charge in [0.05, 0.1) is 25.1 Å². The molecule has 0 bridgehead atoms. The Morgan fingerprint density at radius 3 is 2.66 bits per heavy atom. The lowest BCUT2D eigenvalue weighted by molar-refractivity contribution is -0.133. The van der Waals surface area contributed by atoms with Crippen molar-refractivity contribution in [3.8, 4) is 5.75 Å². The number of methoxy groups -OCH3 is 1. The molecule has 3 atom stereocenters. The summed E-state index contributed by atoms with van der Waals surface area (Å²) in [6.07, 6.45) is 2.25. The molecule has 0 aromatic heterocycles. The smallest absolute Gasteiger partial charge is 0.251 e. The molecule has 38 heavy (non-hydrogen) atoms. The van der Waals surface area contributed by atoms with Crippen molar-refractivity contribution in [2.75, 3.05) is 20.3 Å². The van der Waals surface area contributed by atoms with Gasteiger partial charge in [-0.15, -0.1) is 0 Å². The monoisotopic (exact) mass is 522 g/mol. The summed E-state index contributed by atoms with van der Waals surface area (Å²) < 4.78 is 11.3. The van der Waals surface area contributed by atoms with Gasteiger partial charge < -0.3 is 25.2 Å². The van der Waals surface area contributed by atoms with Gasteiger partial charge in [-0.05, 0) is 49.9 Å². The Labute approximate surface area is 224 Å². The molecule has 1 unspecified atom stereocenters. The number of fused-ring (bicyclic) bond motifs is 1. The average molecular weight is 523 g/mol. The van der Waals surface area contributed by atoms with Gasteiger partial charge >= 0.3 is 0 Å². The average Bonchev–Trinajstić information content (AvgIpc) is 3.21. The maximum absolute atomic E-state index is 13.5. The summed E-state index contributed by atoms with van der Waals surface area (Å²) >= 11 is 0. The van der Waals surface area contributed by atoms with Crippen LogP contribution in [0, 0.1) is 5.41 Å². The van der Waals surface area contributed by atoms with Gasteiger partial charge in [0.25, 0.3) is 5.91 Å². The molecule has 0 spiro atoms. The number of ether oxygens (including phenoxy) is 2. The predicted molar refractivity (Wildman–Crippen MR) is 144 cm³/mol. The first-order valence-corrected chi connectivity index (χ1v) is 13.2. The molecule has 204 valence electrons. The summed E-state index contributed by atoms with van der Waals surface area (Å²) in [5, 5.41) is 25.1. The van der Waals surface area contributed by atoms with E-state index in [1.54, 1.807) is 32.2 Å². The van der Waals surface area contributed by atoms with Crippen LogP contribution in [0.25, 0.3) is 0 Å². The number of carbonyl (C=O) groups is 2. The number of para-hydroxylation sites is 1. The normalized spacial score (nSPS) is 22.9. The van der Waals surface area contributed by atoms with Crippen LogP contribution in [0.2, 0.25) is 0 Å². The van der Waals surface area contributed by atoms with Gasteiger partial charge in [-0.1, -0.05) is 44.2 Å². The number of carbonyl (C=O) groups excluding carboxylic acids is 2. The molecular weight excluding hydrogens is 484 g/mol. The van der Waals surface area contributed by atoms with E-state index in [9.17, 15) is 14.7 Å². The van der Waals surface area contributed by atoms with Crippen molar-refractivity contribution < 1.29 is 24.2 Å². The van der Waals surface area contributed by atoms with Crippen LogP contribution in [0.1, 0.15) is 80.0 Å². The first-order valence-electron chi connectivity index (χ1n) is 13.2. The summed E-state index contributed by atoms with van der Waals surface area (Å²) in [7, 11) is 1.60. The largest absolute Gasteiger partial charge is 0.482 e. The number of rotatable bonds is 10. The van der Waals surface area contributed by atoms with Gasteiger partial charge in [0, 0.05) is 30.4 Å². The highest BCUT2D eigenvalue weighted by atomic mass is 16.5. The number of nitrogens with zero attached hydrogens (tertiary/aromatic N) is 1. The Morgan fingerprint density at radius 1 is 1.26 bits per heavy atom. The summed E-state index contributed by atoms with van der Waals surface area (Å²) in [5.74, 6) is 0.259. The molecule has 4 N–H and O–H groups in total. The van der Waals surface area contributed by atoms with Gasteiger partial charge in [-0.25, -0.2) is 0 Å². The van der Waals surface area contributed by atoms with Crippen molar-refractivity contribution in [2.24, 2.45) is 0 Å². The van der Waals surface area contributed by atoms with Crippen LogP contribution in [0.4, 0.5) is 0 Å². The number of hydrogen-bond acceptors (Lipinski definition) is 6. The first kappa shape index (κ1) is 27.6. The Balaban J connectivity index is 1.61. The molecule has 4 rings (SSSR count). The number of aliphatic hydroxyl groups is 1. The molecule has 0 aliphatic carbocycles. The summed E-state index contributed by atoms with van der Waals surface area (Å²) in [6.45, 7) is 5.92. The molecule has 2 aliphatic rings. The van der Waals surface area contributed by atoms with Crippen molar-refractivity contribution in [1.82, 2.24) is 15.5 Å². The van der Waals surface area contributed by atoms with E-state index in [2.05, 4.69) is 10.6 Å². The number of hydrogen-bond donors (Lipinski definition) is 4. The maximum Gasteiger partial charge on any atom is 0.251 e. The van der Waals surface area contributed by atoms with Crippen molar-refractivity contribution in [1.29, 1.82) is 5.41 Å². The molecule has 2 aliphatic heterocycles. The number of aliphatic hydroxyl groups excluding tert-OH is 1. The second kappa shape index (κ2) is 11.1. The molecule has 2 heterocycles. The van der Waals surface area contributed by atoms with Crippen LogP contribution in [0.3, 0.4) is 0 Å². The second-order valence-electron chi connectivity index (χ2n) is 10.3. The molecule has 2 aromatic carbocycles. The number of guanidine groups is 1. The maximum atomic E-state index is 13.5. The molecule has 1 fully saturated rings. The predicted octanol–water partition coefficient (Wildman–Crippen LogP) is 3.69. The van der Waals surface area contributed by atoms with Crippen LogP contribution in [-0.2, 0) is 9.53 Å². The van der Waals surface area contributed by atoms with E-state index in [4.69, 9.17) is 14.9 Å². The molecule has 2 aromatic rings. The lowest BCUT2D eigenvalue weighted by Crippen LogP contribution is -2.62. The minimum absolute atomic E-state index is 0.0688. The topological polar surface area (TPSA) is 124 Å². The van der Waals surface area contributed by atoms with Crippen LogP contribution >= 0.6 is 0 Å². The van der Waals surface area contributed by atoms with E-state index >= 15 is 0 Å². The third-order valence-electron chi connectivity index (χ3n) is 7.95. The molecular formula is C29H38N4O5. The van der Waals surface area contributed by atoms with E-state index in [1.807, 2.05) is 44.2 Å². The Morgan fingerprint density at radius 2 is 2.00 bits per heavy atom. The van der Waals surface area contributed by atoms with Gasteiger partial charge in [0.15, 0.2) is 11.6 Å². The van der Waals surface area contributed by atoms with E-state index in [0.717, 1.165) is 24.0 Å². The lowest BCUT2D eigenvalue weighted by Gasteiger charge is -2.45. The number of amides is 2. The zero-order valence-corrected chi connectivity index (χ0v) is 22.5. The quantitative estimate of drug-likeness (QED) is 0.377. The minimum Gasteiger partial charge on any atom is -0.482 e. The van der Waals surface area contributed by atoms with Crippen molar-refractivity contribution in [3.63, 3.8) is 0 Å². The standard InChI is InChI=1S/C29H38N4O5/c1-5-29(6-2)17-24(35)33(27(30)32-29)22(14-15-37-4)19-10-9-11-20(16-19)26(36)31-25-21-12-7-8-13-23(21)38-28(25,3)18-34/h7-13,16,22,25,34H,5-6,14-15,17-18H2,1-4H3,(H2,30,32)(H,31,36)/t22-,25-,28?/m1/s1. The highest BCUT2D eigenvalue weighted by molar-refractivity contribution is 6.00. The summed E-state index contributed by atoms with van der Waals surface area (Å²) in [6, 6.07) is 13.5. The van der Waals surface area contributed by atoms with Crippen LogP contribution in [0.5, 0.6) is 5.75 Å². The van der Waals surface area contributed by atoms with E-state index < -0.39 is 23.2 Å². The Bertz CT molecular complexity index is 1180. The number of benzene rings is 2. The fourth-order valence-electron chi connectivity index (χ4n) is 5.44. The molecule has 0 radical (unpaired) electrons. The van der Waals surface area contributed by atoms with Gasteiger partial charge in [0.1, 0.15) is 5.75 Å². The molecule has 0 saturated carbocycles. The molecule has 2 amide bonds. The third-order valence-corrected chi connectivity index (χ3v) is 7.95. The third kappa shape index (κ3) is 5.13. The van der Waals surface area contributed by atoms with Crippen molar-refractivity contribution in [3.05, 3.63) is 65.2 Å². The zero-order chi connectivity index (χ0) is 27.5. The van der Waals surface area contributed by atoms with Crippen molar-refractivity contribution >= 4 is 17.8 Å². The lowest BCUT2D eigenvalue weighted by atomic mass is 9.86. The second-order valence-corrected chi connectivity index (χ2v) is 10.3. The van der Waals surface area contributed by atoms with Crippen LogP contribution < -0.4 is 15.4 Å². The van der Waals surface area contributed by atoms with Crippen LogP contribution in [-0.4, -0.2) is 59.2 Å². The first-order chi connectivity index (χ1) is 18.2. The Kier molecular flexibility index (Phi) is 8.08. The number of nitrogens with one attached hydrogen (secondary N) is 3. The zero-order valence-electron chi connectivity index (χ0n) is 22.5. The van der Waals surface area contributed by atoms with Gasteiger partial charge in [-0.2, -0.15) is 0 Å². The molecule has 9 heteroatoms. The van der Waals surface area contributed by atoms with Gasteiger partial charge in [0.2, 0.25) is 5.91 Å². The van der Waals surface area contributed by atoms with Crippen molar-refractivity contribution in [2.45, 2.75) is 69.7 Å².